The number of carbonyl (C=O) groups excluding carboxylic acids is 6. The van der Waals surface area contributed by atoms with Crippen LogP contribution in [-0.4, -0.2) is 110 Å². The van der Waals surface area contributed by atoms with Crippen LogP contribution in [0.1, 0.15) is 24.8 Å². The lowest BCUT2D eigenvalue weighted by Gasteiger charge is -2.23. The van der Waals surface area contributed by atoms with Crippen molar-refractivity contribution in [3.05, 3.63) is 42.2 Å². The number of para-hydroxylation sites is 1. The van der Waals surface area contributed by atoms with E-state index in [-0.39, 0.29) is 37.6 Å². The number of aromatic amines is 1. The fourth-order valence-corrected chi connectivity index (χ4v) is 4.97. The number of aromatic nitrogens is 4. The number of aliphatic carboxylic acids is 1. The van der Waals surface area contributed by atoms with Gasteiger partial charge in [-0.2, -0.15) is 0 Å². The number of guanidine groups is 1. The molecule has 0 saturated heterocycles. The molecule has 21 nitrogen and oxygen atoms in total. The zero-order valence-electron chi connectivity index (χ0n) is 26.6. The van der Waals surface area contributed by atoms with Crippen molar-refractivity contribution in [3.63, 3.8) is 0 Å². The number of anilines is 1. The molecule has 1 aliphatic rings. The van der Waals surface area contributed by atoms with Crippen LogP contribution in [0.4, 0.5) is 5.82 Å². The normalized spacial score (nSPS) is 19.9. The van der Waals surface area contributed by atoms with E-state index < -0.39 is 85.6 Å². The average molecular weight is 696 g/mol. The van der Waals surface area contributed by atoms with Gasteiger partial charge in [0.25, 0.3) is 0 Å². The molecular weight excluding hydrogens is 658 g/mol. The van der Waals surface area contributed by atoms with E-state index in [1.807, 2.05) is 24.3 Å². The van der Waals surface area contributed by atoms with Gasteiger partial charge >= 0.3 is 5.97 Å². The van der Waals surface area contributed by atoms with Crippen molar-refractivity contribution in [1.29, 1.82) is 0 Å². The van der Waals surface area contributed by atoms with Crippen LogP contribution < -0.4 is 43.4 Å². The third-order valence-electron chi connectivity index (χ3n) is 7.32. The molecule has 0 aliphatic carbocycles. The molecule has 4 rings (SSSR count). The SMILES string of the molecule is NC(N)=NCCC[C@@H]1NC(=O)[C@H](Cc2c[nH]c3ccccc23)NC(=O)CNC(=O)Cn2cc(nn2)NC(=O)[C@H](CC(=O)O)NC(=O)CNC1=O. The van der Waals surface area contributed by atoms with Crippen molar-refractivity contribution >= 4 is 64.1 Å². The molecule has 0 saturated carbocycles. The summed E-state index contributed by atoms with van der Waals surface area (Å²) in [6, 6.07) is 3.25. The topological polar surface area (TPSA) is 323 Å². The van der Waals surface area contributed by atoms with Crippen LogP contribution in [0.5, 0.6) is 0 Å². The summed E-state index contributed by atoms with van der Waals surface area (Å²) in [5.41, 5.74) is 12.3. The fourth-order valence-electron chi connectivity index (χ4n) is 4.97. The van der Waals surface area contributed by atoms with Crippen LogP contribution in [-0.2, 0) is 46.5 Å². The third kappa shape index (κ3) is 10.7. The number of carbonyl (C=O) groups is 7. The molecule has 0 fully saturated rings. The van der Waals surface area contributed by atoms with E-state index in [9.17, 15) is 38.7 Å². The van der Waals surface area contributed by atoms with Gasteiger partial charge in [-0.1, -0.05) is 23.4 Å². The standard InChI is InChI=1S/C29H37N13O8/c30-29(31)32-7-3-6-18-26(48)35-12-23(44)37-20(9-25(46)47)28(50)39-21-13-42(41-40-21)14-24(45)34-11-22(43)36-19(27(49)38-18)8-15-10-33-17-5-2-1-4-16(15)17/h1-2,4-5,10,13,18-20,33H,3,6-9,11-12,14H2,(H,34,45)(H,35,48)(H,36,43)(H,37,44)(H,38,49)(H,39,50)(H,46,47)(H4,30,31,32)/t18-,19-,20-/m0/s1. The van der Waals surface area contributed by atoms with E-state index in [2.05, 4.69) is 52.2 Å². The summed E-state index contributed by atoms with van der Waals surface area (Å²) in [7, 11) is 0. The Kier molecular flexibility index (Phi) is 12.4. The first-order chi connectivity index (χ1) is 23.9. The molecule has 0 spiro atoms. The molecule has 3 aromatic rings. The smallest absolute Gasteiger partial charge is 0.305 e. The number of fused-ring (bicyclic) bond motifs is 3. The minimum absolute atomic E-state index is 0.00396. The maximum Gasteiger partial charge on any atom is 0.305 e. The fraction of sp³-hybridized carbons (Fsp3) is 0.379. The molecule has 3 heterocycles. The highest BCUT2D eigenvalue weighted by atomic mass is 16.4. The Labute approximate surface area is 283 Å². The average Bonchev–Trinajstić information content (AvgIpc) is 3.68. The Morgan fingerprint density at radius 2 is 1.62 bits per heavy atom. The number of H-pyrrole nitrogens is 1. The number of carboxylic acid groups (broad SMARTS) is 1. The molecular formula is C29H37N13O8. The van der Waals surface area contributed by atoms with Crippen LogP contribution in [0.25, 0.3) is 10.9 Å². The van der Waals surface area contributed by atoms with E-state index in [1.165, 1.54) is 6.20 Å². The number of aliphatic imine (C=N–C) groups is 1. The highest BCUT2D eigenvalue weighted by Crippen LogP contribution is 2.19. The van der Waals surface area contributed by atoms with Gasteiger partial charge in [0.15, 0.2) is 11.8 Å². The minimum atomic E-state index is -1.59. The quantitative estimate of drug-likeness (QED) is 0.0616. The van der Waals surface area contributed by atoms with Gasteiger partial charge in [-0.3, -0.25) is 38.6 Å². The van der Waals surface area contributed by atoms with Crippen molar-refractivity contribution in [3.8, 4) is 0 Å². The molecule has 50 heavy (non-hydrogen) atoms. The Balaban J connectivity index is 1.61. The Morgan fingerprint density at radius 1 is 0.900 bits per heavy atom. The van der Waals surface area contributed by atoms with E-state index >= 15 is 0 Å². The summed E-state index contributed by atoms with van der Waals surface area (Å²) in [6.07, 6.45) is 2.27. The van der Waals surface area contributed by atoms with Crippen LogP contribution in [0.2, 0.25) is 0 Å². The maximum absolute atomic E-state index is 13.7. The van der Waals surface area contributed by atoms with Crippen molar-refractivity contribution in [2.75, 3.05) is 25.0 Å². The third-order valence-corrected chi connectivity index (χ3v) is 7.32. The van der Waals surface area contributed by atoms with Crippen LogP contribution in [0, 0.1) is 0 Å². The number of hydrogen-bond acceptors (Lipinski definition) is 10. The monoisotopic (exact) mass is 695 g/mol. The lowest BCUT2D eigenvalue weighted by atomic mass is 10.0. The maximum atomic E-state index is 13.7. The molecule has 2 aromatic heterocycles. The summed E-state index contributed by atoms with van der Waals surface area (Å²) < 4.78 is 1.05. The molecule has 266 valence electrons. The van der Waals surface area contributed by atoms with Crippen molar-refractivity contribution in [2.24, 2.45) is 16.5 Å². The van der Waals surface area contributed by atoms with E-state index in [1.54, 1.807) is 6.20 Å². The van der Waals surface area contributed by atoms with Gasteiger partial charge in [-0.25, -0.2) is 4.68 Å². The van der Waals surface area contributed by atoms with Gasteiger partial charge in [0.1, 0.15) is 24.7 Å². The number of hydrogen-bond donors (Lipinski definition) is 10. The molecule has 3 atom stereocenters. The highest BCUT2D eigenvalue weighted by Gasteiger charge is 2.29. The second-order valence-corrected chi connectivity index (χ2v) is 11.2. The number of nitrogens with zero attached hydrogens (tertiary/aromatic N) is 4. The summed E-state index contributed by atoms with van der Waals surface area (Å²) >= 11 is 0. The summed E-state index contributed by atoms with van der Waals surface area (Å²) in [5.74, 6) is -6.55. The van der Waals surface area contributed by atoms with Gasteiger partial charge in [0, 0.05) is 30.1 Å². The van der Waals surface area contributed by atoms with Gasteiger partial charge < -0.3 is 53.5 Å². The molecule has 2 bridgehead atoms. The second kappa shape index (κ2) is 17.0. The summed E-state index contributed by atoms with van der Waals surface area (Å²) in [6.45, 7) is -1.53. The number of nitrogens with one attached hydrogen (secondary N) is 7. The molecule has 6 amide bonds. The molecule has 21 heteroatoms. The first kappa shape index (κ1) is 36.3. The van der Waals surface area contributed by atoms with Crippen molar-refractivity contribution in [1.82, 2.24) is 46.6 Å². The van der Waals surface area contributed by atoms with Crippen molar-refractivity contribution < 1.29 is 38.7 Å². The second-order valence-electron chi connectivity index (χ2n) is 11.2. The lowest BCUT2D eigenvalue weighted by Crippen LogP contribution is -2.56. The largest absolute Gasteiger partial charge is 0.481 e. The summed E-state index contributed by atoms with van der Waals surface area (Å²) in [4.78, 5) is 96.7. The first-order valence-corrected chi connectivity index (χ1v) is 15.3. The van der Waals surface area contributed by atoms with Crippen LogP contribution >= 0.6 is 0 Å². The molecule has 0 unspecified atom stereocenters. The highest BCUT2D eigenvalue weighted by molar-refractivity contribution is 5.99. The van der Waals surface area contributed by atoms with Crippen LogP contribution in [0.15, 0.2) is 41.7 Å². The number of amides is 6. The Hall–Kier alpha value is -6.54. The van der Waals surface area contributed by atoms with Gasteiger partial charge in [-0.05, 0) is 24.5 Å². The van der Waals surface area contributed by atoms with E-state index in [0.717, 1.165) is 15.6 Å². The first-order valence-electron chi connectivity index (χ1n) is 15.3. The Morgan fingerprint density at radius 3 is 2.36 bits per heavy atom. The molecule has 1 aliphatic heterocycles. The predicted molar refractivity (Wildman–Crippen MR) is 175 cm³/mol. The number of carboxylic acids is 1. The minimum Gasteiger partial charge on any atom is -0.481 e. The van der Waals surface area contributed by atoms with Crippen molar-refractivity contribution in [2.45, 2.75) is 50.4 Å². The number of rotatable bonds is 8. The Bertz CT molecular complexity index is 1780. The number of nitrogens with two attached hydrogens (primary N) is 2. The van der Waals surface area contributed by atoms with E-state index in [0.29, 0.717) is 5.56 Å². The zero-order chi connectivity index (χ0) is 36.2. The van der Waals surface area contributed by atoms with Gasteiger partial charge in [0.05, 0.1) is 25.7 Å². The summed E-state index contributed by atoms with van der Waals surface area (Å²) in [5, 5.41) is 32.1. The molecule has 12 N–H and O–H groups in total. The molecule has 1 aromatic carbocycles. The number of benzene rings is 1. The van der Waals surface area contributed by atoms with Gasteiger partial charge in [-0.15, -0.1) is 5.10 Å². The van der Waals surface area contributed by atoms with Crippen LogP contribution in [0.3, 0.4) is 0 Å². The zero-order valence-corrected chi connectivity index (χ0v) is 26.6. The van der Waals surface area contributed by atoms with E-state index in [4.69, 9.17) is 11.5 Å². The lowest BCUT2D eigenvalue weighted by molar-refractivity contribution is -0.140. The molecule has 0 radical (unpaired) electrons. The predicted octanol–water partition coefficient (Wildman–Crippen LogP) is -3.83. The van der Waals surface area contributed by atoms with Gasteiger partial charge in [0.2, 0.25) is 35.4 Å².